The second kappa shape index (κ2) is 9.64. The van der Waals surface area contributed by atoms with Gasteiger partial charge in [-0.3, -0.25) is 19.6 Å². The molecule has 4 aromatic rings. The molecule has 2 aromatic carbocycles. The Bertz CT molecular complexity index is 1340. The molecule has 0 bridgehead atoms. The van der Waals surface area contributed by atoms with Gasteiger partial charge in [-0.25, -0.2) is 0 Å². The number of benzene rings is 2. The molecule has 0 radical (unpaired) electrons. The van der Waals surface area contributed by atoms with Gasteiger partial charge in [0.1, 0.15) is 10.6 Å². The van der Waals surface area contributed by atoms with Crippen LogP contribution < -0.4 is 10.6 Å². The minimum Gasteiger partial charge on any atom is -0.342 e. The van der Waals surface area contributed by atoms with Crippen molar-refractivity contribution in [1.82, 2.24) is 20.4 Å². The van der Waals surface area contributed by atoms with Crippen LogP contribution in [0.5, 0.6) is 0 Å². The molecule has 2 aromatic heterocycles. The van der Waals surface area contributed by atoms with E-state index in [1.54, 1.807) is 6.07 Å². The fraction of sp³-hybridized carbons (Fsp3) is 0.296. The first-order valence-electron chi connectivity index (χ1n) is 11.9. The zero-order valence-corrected chi connectivity index (χ0v) is 20.7. The average Bonchev–Trinajstić information content (AvgIpc) is 3.59. The highest BCUT2D eigenvalue weighted by Gasteiger charge is 2.25. The summed E-state index contributed by atoms with van der Waals surface area (Å²) < 4.78 is 0. The largest absolute Gasteiger partial charge is 0.342 e. The van der Waals surface area contributed by atoms with Gasteiger partial charge in [0.2, 0.25) is 0 Å². The highest BCUT2D eigenvalue weighted by Crippen LogP contribution is 2.30. The third kappa shape index (κ3) is 5.13. The SMILES string of the molecule is CC(C)(NC(=O)c1cc2c(NC(=O)c3ccc(CN4CCCC4)cc3)[nH]nc2s1)c1ccccc1. The van der Waals surface area contributed by atoms with Crippen LogP contribution in [0.1, 0.15) is 57.8 Å². The molecule has 0 aliphatic carbocycles. The summed E-state index contributed by atoms with van der Waals surface area (Å²) in [5.41, 5.74) is 2.29. The van der Waals surface area contributed by atoms with Crippen molar-refractivity contribution in [3.8, 4) is 0 Å². The van der Waals surface area contributed by atoms with E-state index in [9.17, 15) is 9.59 Å². The summed E-state index contributed by atoms with van der Waals surface area (Å²) in [4.78, 5) is 29.5. The Kier molecular flexibility index (Phi) is 6.40. The summed E-state index contributed by atoms with van der Waals surface area (Å²) in [6.07, 6.45) is 2.52. The van der Waals surface area contributed by atoms with Gasteiger partial charge in [0, 0.05) is 12.1 Å². The molecule has 7 nitrogen and oxygen atoms in total. The van der Waals surface area contributed by atoms with Crippen LogP contribution in [0.2, 0.25) is 0 Å². The molecule has 3 N–H and O–H groups in total. The van der Waals surface area contributed by atoms with Crippen molar-refractivity contribution < 1.29 is 9.59 Å². The minimum atomic E-state index is -0.524. The number of anilines is 1. The van der Waals surface area contributed by atoms with Crippen molar-refractivity contribution in [2.75, 3.05) is 18.4 Å². The van der Waals surface area contributed by atoms with Crippen LogP contribution in [0.25, 0.3) is 10.2 Å². The number of hydrogen-bond donors (Lipinski definition) is 3. The number of likely N-dealkylation sites (tertiary alicyclic amines) is 1. The van der Waals surface area contributed by atoms with Crippen LogP contribution in [0.3, 0.4) is 0 Å². The highest BCUT2D eigenvalue weighted by molar-refractivity contribution is 7.20. The van der Waals surface area contributed by atoms with Crippen molar-refractivity contribution in [3.63, 3.8) is 0 Å². The fourth-order valence-electron chi connectivity index (χ4n) is 4.44. The standard InChI is InChI=1S/C27H29N5O2S/c1-27(2,20-8-4-3-5-9-20)29-25(34)22-16-21-23(30-31-26(21)35-22)28-24(33)19-12-10-18(11-13-19)17-32-14-6-7-15-32/h3-5,8-13,16H,6-7,14-15,17H2,1-2H3,(H,29,34)(H2,28,30,31,33). The number of aromatic nitrogens is 2. The molecular weight excluding hydrogens is 458 g/mol. The summed E-state index contributed by atoms with van der Waals surface area (Å²) in [7, 11) is 0. The molecular formula is C27H29N5O2S. The van der Waals surface area contributed by atoms with Crippen molar-refractivity contribution >= 4 is 39.2 Å². The third-order valence-corrected chi connectivity index (χ3v) is 7.48. The molecule has 1 aliphatic rings. The smallest absolute Gasteiger partial charge is 0.262 e. The van der Waals surface area contributed by atoms with E-state index in [4.69, 9.17) is 0 Å². The van der Waals surface area contributed by atoms with Gasteiger partial charge >= 0.3 is 0 Å². The van der Waals surface area contributed by atoms with E-state index in [0.29, 0.717) is 21.1 Å². The van der Waals surface area contributed by atoms with Gasteiger partial charge in [-0.2, -0.15) is 5.10 Å². The van der Waals surface area contributed by atoms with E-state index in [2.05, 4.69) is 25.7 Å². The number of nitrogens with zero attached hydrogens (tertiary/aromatic N) is 2. The predicted molar refractivity (Wildman–Crippen MR) is 140 cm³/mol. The van der Waals surface area contributed by atoms with Crippen LogP contribution in [-0.4, -0.2) is 40.0 Å². The molecule has 0 saturated carbocycles. The maximum atomic E-state index is 13.0. The minimum absolute atomic E-state index is 0.173. The van der Waals surface area contributed by atoms with Gasteiger partial charge in [-0.05, 0) is 69.1 Å². The van der Waals surface area contributed by atoms with E-state index < -0.39 is 5.54 Å². The van der Waals surface area contributed by atoms with E-state index >= 15 is 0 Å². The highest BCUT2D eigenvalue weighted by atomic mass is 32.1. The van der Waals surface area contributed by atoms with E-state index in [1.807, 2.05) is 68.4 Å². The molecule has 8 heteroatoms. The lowest BCUT2D eigenvalue weighted by molar-refractivity contribution is 0.0915. The Morgan fingerprint density at radius 2 is 1.74 bits per heavy atom. The van der Waals surface area contributed by atoms with Crippen molar-refractivity contribution in [2.24, 2.45) is 0 Å². The topological polar surface area (TPSA) is 90.1 Å². The number of thiophene rings is 1. The maximum absolute atomic E-state index is 13.0. The summed E-state index contributed by atoms with van der Waals surface area (Å²) >= 11 is 1.29. The lowest BCUT2D eigenvalue weighted by Crippen LogP contribution is -2.40. The third-order valence-electron chi connectivity index (χ3n) is 6.46. The number of aromatic amines is 1. The Hall–Kier alpha value is -3.49. The lowest BCUT2D eigenvalue weighted by atomic mass is 9.94. The van der Waals surface area contributed by atoms with Gasteiger partial charge < -0.3 is 10.6 Å². The number of carbonyl (C=O) groups excluding carboxylic acids is 2. The molecule has 1 aliphatic heterocycles. The van der Waals surface area contributed by atoms with E-state index in [-0.39, 0.29) is 11.8 Å². The van der Waals surface area contributed by atoms with Crippen molar-refractivity contribution in [2.45, 2.75) is 38.8 Å². The molecule has 2 amide bonds. The monoisotopic (exact) mass is 487 g/mol. The molecule has 35 heavy (non-hydrogen) atoms. The summed E-state index contributed by atoms with van der Waals surface area (Å²) in [5.74, 6) is 0.0992. The molecule has 3 heterocycles. The molecule has 5 rings (SSSR count). The quantitative estimate of drug-likeness (QED) is 0.337. The predicted octanol–water partition coefficient (Wildman–Crippen LogP) is 5.14. The first kappa shape index (κ1) is 23.3. The second-order valence-corrected chi connectivity index (χ2v) is 10.5. The van der Waals surface area contributed by atoms with Crippen LogP contribution in [-0.2, 0) is 12.1 Å². The summed E-state index contributed by atoms with van der Waals surface area (Å²) in [6, 6.07) is 19.4. The van der Waals surface area contributed by atoms with Gasteiger partial charge in [0.15, 0.2) is 0 Å². The molecule has 0 atom stereocenters. The number of hydrogen-bond acceptors (Lipinski definition) is 5. The number of carbonyl (C=O) groups is 2. The number of H-pyrrole nitrogens is 1. The molecule has 0 spiro atoms. The van der Waals surface area contributed by atoms with E-state index in [1.165, 1.54) is 29.7 Å². The fourth-order valence-corrected chi connectivity index (χ4v) is 5.33. The maximum Gasteiger partial charge on any atom is 0.262 e. The average molecular weight is 488 g/mol. The Balaban J connectivity index is 1.26. The van der Waals surface area contributed by atoms with Gasteiger partial charge in [0.25, 0.3) is 11.8 Å². The van der Waals surface area contributed by atoms with Crippen molar-refractivity contribution in [1.29, 1.82) is 0 Å². The van der Waals surface area contributed by atoms with Gasteiger partial charge in [-0.15, -0.1) is 11.3 Å². The van der Waals surface area contributed by atoms with Crippen LogP contribution in [0, 0.1) is 0 Å². The second-order valence-electron chi connectivity index (χ2n) is 9.51. The first-order chi connectivity index (χ1) is 16.9. The Labute approximate surface area is 208 Å². The lowest BCUT2D eigenvalue weighted by Gasteiger charge is -2.26. The summed E-state index contributed by atoms with van der Waals surface area (Å²) in [6.45, 7) is 7.15. The number of rotatable bonds is 7. The normalized spacial score (nSPS) is 14.3. The van der Waals surface area contributed by atoms with Crippen LogP contribution >= 0.6 is 11.3 Å². The first-order valence-corrected chi connectivity index (χ1v) is 12.7. The van der Waals surface area contributed by atoms with Gasteiger partial charge in [-0.1, -0.05) is 42.5 Å². The zero-order valence-electron chi connectivity index (χ0n) is 19.9. The molecule has 1 fully saturated rings. The Morgan fingerprint density at radius 1 is 1.03 bits per heavy atom. The number of nitrogens with one attached hydrogen (secondary N) is 3. The van der Waals surface area contributed by atoms with Crippen molar-refractivity contribution in [3.05, 3.63) is 82.2 Å². The number of fused-ring (bicyclic) bond motifs is 1. The van der Waals surface area contributed by atoms with E-state index in [0.717, 1.165) is 30.6 Å². The number of amides is 2. The molecule has 0 unspecified atom stereocenters. The zero-order chi connectivity index (χ0) is 24.4. The van der Waals surface area contributed by atoms with Crippen LogP contribution in [0.15, 0.2) is 60.7 Å². The Morgan fingerprint density at radius 3 is 2.46 bits per heavy atom. The molecule has 180 valence electrons. The van der Waals surface area contributed by atoms with Crippen LogP contribution in [0.4, 0.5) is 5.82 Å². The summed E-state index contributed by atoms with van der Waals surface area (Å²) in [5, 5.41) is 13.9. The molecule has 1 saturated heterocycles. The van der Waals surface area contributed by atoms with Gasteiger partial charge in [0.05, 0.1) is 15.8 Å².